The molecule has 0 atom stereocenters. The first-order chi connectivity index (χ1) is 7.11. The molecule has 0 amide bonds. The summed E-state index contributed by atoms with van der Waals surface area (Å²) in [7, 11) is 0. The van der Waals surface area contributed by atoms with E-state index in [2.05, 4.69) is 15.9 Å². The fraction of sp³-hybridized carbons (Fsp3) is 0.400. The van der Waals surface area contributed by atoms with Crippen LogP contribution in [-0.4, -0.2) is 13.2 Å². The van der Waals surface area contributed by atoms with Gasteiger partial charge in [0.1, 0.15) is 5.82 Å². The maximum atomic E-state index is 13.3. The minimum Gasteiger partial charge on any atom is -0.346 e. The van der Waals surface area contributed by atoms with Crippen LogP contribution in [0.3, 0.4) is 0 Å². The van der Waals surface area contributed by atoms with Gasteiger partial charge in [0, 0.05) is 10.0 Å². The van der Waals surface area contributed by atoms with Crippen molar-refractivity contribution in [2.45, 2.75) is 13.2 Å². The second-order valence-electron chi connectivity index (χ2n) is 3.27. The van der Waals surface area contributed by atoms with Crippen LogP contribution in [0, 0.1) is 12.7 Å². The third kappa shape index (κ3) is 2.04. The average molecular weight is 296 g/mol. The van der Waals surface area contributed by atoms with E-state index in [0.717, 1.165) is 0 Å². The van der Waals surface area contributed by atoms with E-state index < -0.39 is 6.29 Å². The molecular formula is C10H9BrClFO2. The van der Waals surface area contributed by atoms with Gasteiger partial charge in [-0.3, -0.25) is 0 Å². The van der Waals surface area contributed by atoms with Crippen molar-refractivity contribution in [3.05, 3.63) is 32.5 Å². The van der Waals surface area contributed by atoms with Crippen LogP contribution in [-0.2, 0) is 9.47 Å². The summed E-state index contributed by atoms with van der Waals surface area (Å²) >= 11 is 9.26. The Balaban J connectivity index is 2.50. The van der Waals surface area contributed by atoms with E-state index in [0.29, 0.717) is 33.8 Å². The summed E-state index contributed by atoms with van der Waals surface area (Å²) in [5.41, 5.74) is 1.17. The maximum absolute atomic E-state index is 13.3. The molecule has 1 aromatic rings. The molecule has 82 valence electrons. The Morgan fingerprint density at radius 2 is 2.07 bits per heavy atom. The molecule has 0 aliphatic carbocycles. The lowest BCUT2D eigenvalue weighted by Crippen LogP contribution is -2.03. The fourth-order valence-electron chi connectivity index (χ4n) is 1.45. The molecule has 2 nitrogen and oxygen atoms in total. The van der Waals surface area contributed by atoms with Crippen molar-refractivity contribution in [3.8, 4) is 0 Å². The Morgan fingerprint density at radius 1 is 1.47 bits per heavy atom. The summed E-state index contributed by atoms with van der Waals surface area (Å²) in [6.45, 7) is 2.74. The van der Waals surface area contributed by atoms with Crippen molar-refractivity contribution in [2.24, 2.45) is 0 Å². The van der Waals surface area contributed by atoms with E-state index in [1.54, 1.807) is 6.92 Å². The second kappa shape index (κ2) is 4.37. The number of benzene rings is 1. The number of hydrogen-bond donors (Lipinski definition) is 0. The molecule has 0 spiro atoms. The predicted molar refractivity (Wildman–Crippen MR) is 58.5 cm³/mol. The summed E-state index contributed by atoms with van der Waals surface area (Å²) in [6, 6.07) is 1.28. The molecule has 0 unspecified atom stereocenters. The predicted octanol–water partition coefficient (Wildman–Crippen LogP) is 3.60. The lowest BCUT2D eigenvalue weighted by Gasteiger charge is -2.15. The molecule has 1 aliphatic heterocycles. The second-order valence-corrected chi connectivity index (χ2v) is 4.47. The van der Waals surface area contributed by atoms with Gasteiger partial charge in [0.2, 0.25) is 0 Å². The summed E-state index contributed by atoms with van der Waals surface area (Å²) in [5, 5.41) is 0.317. The minimum atomic E-state index is -0.494. The molecule has 0 aromatic heterocycles. The molecule has 1 fully saturated rings. The first-order valence-corrected chi connectivity index (χ1v) is 5.65. The van der Waals surface area contributed by atoms with Crippen LogP contribution in [0.25, 0.3) is 0 Å². The highest BCUT2D eigenvalue weighted by molar-refractivity contribution is 9.10. The molecule has 0 saturated carbocycles. The topological polar surface area (TPSA) is 18.5 Å². The highest BCUT2D eigenvalue weighted by atomic mass is 79.9. The van der Waals surface area contributed by atoms with E-state index in [4.69, 9.17) is 21.1 Å². The van der Waals surface area contributed by atoms with Crippen LogP contribution in [0.4, 0.5) is 4.39 Å². The van der Waals surface area contributed by atoms with Gasteiger partial charge in [0.25, 0.3) is 0 Å². The van der Waals surface area contributed by atoms with Crippen LogP contribution in [0.15, 0.2) is 10.5 Å². The van der Waals surface area contributed by atoms with Crippen LogP contribution in [0.5, 0.6) is 0 Å². The largest absolute Gasteiger partial charge is 0.346 e. The molecule has 1 heterocycles. The first-order valence-electron chi connectivity index (χ1n) is 4.48. The van der Waals surface area contributed by atoms with Crippen molar-refractivity contribution in [2.75, 3.05) is 13.2 Å². The highest BCUT2D eigenvalue weighted by Gasteiger charge is 2.25. The minimum absolute atomic E-state index is 0.317. The Kier molecular flexibility index (Phi) is 3.30. The third-order valence-corrected chi connectivity index (χ3v) is 3.63. The van der Waals surface area contributed by atoms with Gasteiger partial charge in [-0.05, 0) is 34.5 Å². The van der Waals surface area contributed by atoms with Gasteiger partial charge >= 0.3 is 0 Å². The van der Waals surface area contributed by atoms with Gasteiger partial charge in [0.05, 0.1) is 18.2 Å². The molecule has 1 aliphatic rings. The van der Waals surface area contributed by atoms with E-state index in [-0.39, 0.29) is 5.82 Å². The molecule has 0 radical (unpaired) electrons. The van der Waals surface area contributed by atoms with E-state index in [1.807, 2.05) is 0 Å². The molecule has 5 heteroatoms. The van der Waals surface area contributed by atoms with Crippen molar-refractivity contribution < 1.29 is 13.9 Å². The molecule has 1 aromatic carbocycles. The molecule has 1 saturated heterocycles. The molecular weight excluding hydrogens is 286 g/mol. The van der Waals surface area contributed by atoms with Crippen LogP contribution >= 0.6 is 27.5 Å². The molecule has 2 rings (SSSR count). The van der Waals surface area contributed by atoms with Gasteiger partial charge in [-0.25, -0.2) is 4.39 Å². The SMILES string of the molecule is Cc1c(F)cc(Cl)c(C2OCCO2)c1Br. The van der Waals surface area contributed by atoms with Gasteiger partial charge < -0.3 is 9.47 Å². The summed E-state index contributed by atoms with van der Waals surface area (Å²) in [5.74, 6) is -0.339. The summed E-state index contributed by atoms with van der Waals surface area (Å²) in [4.78, 5) is 0. The zero-order valence-electron chi connectivity index (χ0n) is 8.02. The van der Waals surface area contributed by atoms with Crippen molar-refractivity contribution in [3.63, 3.8) is 0 Å². The van der Waals surface area contributed by atoms with E-state index in [9.17, 15) is 4.39 Å². The molecule has 0 N–H and O–H groups in total. The normalized spacial score (nSPS) is 17.3. The highest BCUT2D eigenvalue weighted by Crippen LogP contribution is 2.38. The average Bonchev–Trinajstić information content (AvgIpc) is 2.68. The monoisotopic (exact) mass is 294 g/mol. The Morgan fingerprint density at radius 3 is 2.67 bits per heavy atom. The van der Waals surface area contributed by atoms with Crippen molar-refractivity contribution in [1.82, 2.24) is 0 Å². The van der Waals surface area contributed by atoms with Crippen LogP contribution < -0.4 is 0 Å². The van der Waals surface area contributed by atoms with E-state index in [1.165, 1.54) is 6.07 Å². The smallest absolute Gasteiger partial charge is 0.186 e. The molecule has 15 heavy (non-hydrogen) atoms. The first kappa shape index (κ1) is 11.3. The quantitative estimate of drug-likeness (QED) is 0.788. The van der Waals surface area contributed by atoms with Gasteiger partial charge in [-0.15, -0.1) is 0 Å². The summed E-state index contributed by atoms with van der Waals surface area (Å²) < 4.78 is 24.6. The van der Waals surface area contributed by atoms with Gasteiger partial charge in [-0.1, -0.05) is 11.6 Å². The van der Waals surface area contributed by atoms with Crippen molar-refractivity contribution >= 4 is 27.5 Å². The Hall–Kier alpha value is -0.160. The maximum Gasteiger partial charge on any atom is 0.186 e. The standard InChI is InChI=1S/C10H9BrClFO2/c1-5-7(13)4-6(12)8(9(5)11)10-14-2-3-15-10/h4,10H,2-3H2,1H3. The van der Waals surface area contributed by atoms with E-state index >= 15 is 0 Å². The zero-order valence-corrected chi connectivity index (χ0v) is 10.4. The van der Waals surface area contributed by atoms with Gasteiger partial charge in [-0.2, -0.15) is 0 Å². The number of hydrogen-bond acceptors (Lipinski definition) is 2. The summed E-state index contributed by atoms with van der Waals surface area (Å²) in [6.07, 6.45) is -0.494. The number of halogens is 3. The Bertz CT molecular complexity index is 391. The Labute approximate surface area is 100 Å². The fourth-order valence-corrected chi connectivity index (χ4v) is 2.43. The number of rotatable bonds is 1. The lowest BCUT2D eigenvalue weighted by molar-refractivity contribution is -0.0446. The van der Waals surface area contributed by atoms with Gasteiger partial charge in [0.15, 0.2) is 6.29 Å². The van der Waals surface area contributed by atoms with Crippen molar-refractivity contribution in [1.29, 1.82) is 0 Å². The van der Waals surface area contributed by atoms with Crippen LogP contribution in [0.1, 0.15) is 17.4 Å². The van der Waals surface area contributed by atoms with Crippen LogP contribution in [0.2, 0.25) is 5.02 Å². The third-order valence-electron chi connectivity index (χ3n) is 2.29. The lowest BCUT2D eigenvalue weighted by atomic mass is 10.1. The zero-order chi connectivity index (χ0) is 11.0. The molecule has 0 bridgehead atoms. The number of ether oxygens (including phenoxy) is 2.